The Bertz CT molecular complexity index is 372. The van der Waals surface area contributed by atoms with Crippen LogP contribution in [0, 0.1) is 0 Å². The van der Waals surface area contributed by atoms with Gasteiger partial charge < -0.3 is 20.7 Å². The first-order valence-corrected chi connectivity index (χ1v) is 5.71. The monoisotopic (exact) mass is 235 g/mol. The van der Waals surface area contributed by atoms with E-state index in [0.717, 1.165) is 31.0 Å². The van der Waals surface area contributed by atoms with Gasteiger partial charge in [0, 0.05) is 25.0 Å². The molecule has 1 aliphatic rings. The molecule has 3 N–H and O–H groups in total. The molecule has 2 rings (SSSR count). The highest BCUT2D eigenvalue weighted by molar-refractivity contribution is 5.89. The first-order chi connectivity index (χ1) is 8.28. The number of carbonyl (C=O) groups excluding carboxylic acids is 1. The molecule has 1 aliphatic heterocycles. The smallest absolute Gasteiger partial charge is 0.318 e. The maximum atomic E-state index is 11.1. The van der Waals surface area contributed by atoms with Gasteiger partial charge in [-0.25, -0.2) is 4.79 Å². The molecule has 0 saturated carbocycles. The fourth-order valence-electron chi connectivity index (χ4n) is 1.73. The van der Waals surface area contributed by atoms with Crippen molar-refractivity contribution in [2.75, 3.05) is 30.9 Å². The van der Waals surface area contributed by atoms with Crippen LogP contribution in [-0.2, 0) is 4.74 Å². The number of anilines is 2. The van der Waals surface area contributed by atoms with E-state index in [0.29, 0.717) is 6.04 Å². The topological polar surface area (TPSA) is 62.4 Å². The highest BCUT2D eigenvalue weighted by Gasteiger charge is 2.14. The normalized spacial score (nSPS) is 18.8. The molecule has 0 aliphatic carbocycles. The minimum Gasteiger partial charge on any atom is -0.380 e. The zero-order chi connectivity index (χ0) is 12.1. The van der Waals surface area contributed by atoms with Crippen LogP contribution in [0.3, 0.4) is 0 Å². The van der Waals surface area contributed by atoms with Crippen LogP contribution < -0.4 is 16.0 Å². The molecule has 1 unspecified atom stereocenters. The van der Waals surface area contributed by atoms with E-state index in [1.54, 1.807) is 7.05 Å². The highest BCUT2D eigenvalue weighted by Crippen LogP contribution is 2.16. The predicted octanol–water partition coefficient (Wildman–Crippen LogP) is 1.64. The van der Waals surface area contributed by atoms with E-state index in [2.05, 4.69) is 16.0 Å². The largest absolute Gasteiger partial charge is 0.380 e. The highest BCUT2D eigenvalue weighted by atomic mass is 16.5. The molecule has 1 saturated heterocycles. The van der Waals surface area contributed by atoms with Crippen molar-refractivity contribution in [3.05, 3.63) is 24.3 Å². The van der Waals surface area contributed by atoms with Crippen molar-refractivity contribution < 1.29 is 9.53 Å². The van der Waals surface area contributed by atoms with Gasteiger partial charge in [0.25, 0.3) is 0 Å². The summed E-state index contributed by atoms with van der Waals surface area (Å²) in [4.78, 5) is 11.1. The number of hydrogen-bond acceptors (Lipinski definition) is 3. The molecular formula is C12H17N3O2. The molecular weight excluding hydrogens is 218 g/mol. The van der Waals surface area contributed by atoms with Crippen molar-refractivity contribution in [3.63, 3.8) is 0 Å². The van der Waals surface area contributed by atoms with Crippen molar-refractivity contribution in [1.29, 1.82) is 0 Å². The summed E-state index contributed by atoms with van der Waals surface area (Å²) in [6.07, 6.45) is 1.04. The lowest BCUT2D eigenvalue weighted by molar-refractivity contribution is 0.195. The lowest BCUT2D eigenvalue weighted by atomic mass is 10.2. The Morgan fingerprint density at radius 2 is 2.00 bits per heavy atom. The van der Waals surface area contributed by atoms with Crippen molar-refractivity contribution >= 4 is 17.4 Å². The molecule has 17 heavy (non-hydrogen) atoms. The van der Waals surface area contributed by atoms with E-state index < -0.39 is 0 Å². The Hall–Kier alpha value is -1.75. The second-order valence-corrected chi connectivity index (χ2v) is 3.99. The van der Waals surface area contributed by atoms with Gasteiger partial charge in [0.15, 0.2) is 0 Å². The van der Waals surface area contributed by atoms with Gasteiger partial charge in [-0.2, -0.15) is 0 Å². The number of hydrogen-bond donors (Lipinski definition) is 3. The molecule has 5 heteroatoms. The molecule has 0 radical (unpaired) electrons. The van der Waals surface area contributed by atoms with Gasteiger partial charge >= 0.3 is 6.03 Å². The fourth-order valence-corrected chi connectivity index (χ4v) is 1.73. The minimum absolute atomic E-state index is 0.213. The third-order valence-electron chi connectivity index (χ3n) is 2.67. The van der Waals surface area contributed by atoms with E-state index >= 15 is 0 Å². The lowest BCUT2D eigenvalue weighted by Gasteiger charge is -2.12. The van der Waals surface area contributed by atoms with Crippen LogP contribution in [0.4, 0.5) is 16.2 Å². The molecule has 0 bridgehead atoms. The lowest BCUT2D eigenvalue weighted by Crippen LogP contribution is -2.24. The Labute approximate surface area is 101 Å². The summed E-state index contributed by atoms with van der Waals surface area (Å²) in [6.45, 7) is 1.59. The third kappa shape index (κ3) is 3.35. The van der Waals surface area contributed by atoms with Gasteiger partial charge in [-0.3, -0.25) is 0 Å². The Morgan fingerprint density at radius 1 is 1.29 bits per heavy atom. The quantitative estimate of drug-likeness (QED) is 0.746. The Morgan fingerprint density at radius 3 is 2.59 bits per heavy atom. The molecule has 1 heterocycles. The van der Waals surface area contributed by atoms with Crippen molar-refractivity contribution in [2.45, 2.75) is 12.5 Å². The van der Waals surface area contributed by atoms with Gasteiger partial charge in [0.1, 0.15) is 0 Å². The number of benzene rings is 1. The van der Waals surface area contributed by atoms with Gasteiger partial charge in [-0.15, -0.1) is 0 Å². The maximum absolute atomic E-state index is 11.1. The number of ether oxygens (including phenoxy) is 1. The van der Waals surface area contributed by atoms with Gasteiger partial charge in [0.05, 0.1) is 12.6 Å². The van der Waals surface area contributed by atoms with Gasteiger partial charge in [-0.1, -0.05) is 0 Å². The first-order valence-electron chi connectivity index (χ1n) is 5.71. The van der Waals surface area contributed by atoms with Gasteiger partial charge in [0.2, 0.25) is 0 Å². The van der Waals surface area contributed by atoms with Crippen LogP contribution in [0.5, 0.6) is 0 Å². The SMILES string of the molecule is CNC(=O)Nc1ccc(NC2CCOC2)cc1. The van der Waals surface area contributed by atoms with Crippen LogP contribution in [0.15, 0.2) is 24.3 Å². The van der Waals surface area contributed by atoms with E-state index in [9.17, 15) is 4.79 Å². The molecule has 1 atom stereocenters. The second-order valence-electron chi connectivity index (χ2n) is 3.99. The van der Waals surface area contributed by atoms with Crippen LogP contribution >= 0.6 is 0 Å². The summed E-state index contributed by atoms with van der Waals surface area (Å²) in [6, 6.07) is 7.82. The Balaban J connectivity index is 1.90. The molecule has 2 amide bonds. The Kier molecular flexibility index (Phi) is 3.82. The van der Waals surface area contributed by atoms with Crippen molar-refractivity contribution in [3.8, 4) is 0 Å². The minimum atomic E-state index is -0.213. The summed E-state index contributed by atoms with van der Waals surface area (Å²) in [5, 5.41) is 8.60. The van der Waals surface area contributed by atoms with E-state index in [-0.39, 0.29) is 6.03 Å². The van der Waals surface area contributed by atoms with Gasteiger partial charge in [-0.05, 0) is 30.7 Å². The van der Waals surface area contributed by atoms with E-state index in [4.69, 9.17) is 4.74 Å². The summed E-state index contributed by atoms with van der Waals surface area (Å²) in [7, 11) is 1.59. The maximum Gasteiger partial charge on any atom is 0.318 e. The number of amides is 2. The molecule has 0 spiro atoms. The average molecular weight is 235 g/mol. The molecule has 1 aromatic carbocycles. The molecule has 1 fully saturated rings. The molecule has 0 aromatic heterocycles. The fraction of sp³-hybridized carbons (Fsp3) is 0.417. The zero-order valence-electron chi connectivity index (χ0n) is 9.82. The van der Waals surface area contributed by atoms with Crippen molar-refractivity contribution in [2.24, 2.45) is 0 Å². The standard InChI is InChI=1S/C12H17N3O2/c1-13-12(16)15-10-4-2-9(3-5-10)14-11-6-7-17-8-11/h2-5,11,14H,6-8H2,1H3,(H2,13,15,16). The number of nitrogens with one attached hydrogen (secondary N) is 3. The average Bonchev–Trinajstić information content (AvgIpc) is 2.84. The molecule has 92 valence electrons. The zero-order valence-corrected chi connectivity index (χ0v) is 9.82. The van der Waals surface area contributed by atoms with Crippen LogP contribution in [0.25, 0.3) is 0 Å². The summed E-state index contributed by atoms with van der Waals surface area (Å²) < 4.78 is 5.29. The first kappa shape index (κ1) is 11.7. The summed E-state index contributed by atoms with van der Waals surface area (Å²) in [5.41, 5.74) is 1.82. The number of urea groups is 1. The van der Waals surface area contributed by atoms with E-state index in [1.807, 2.05) is 24.3 Å². The van der Waals surface area contributed by atoms with Crippen molar-refractivity contribution in [1.82, 2.24) is 5.32 Å². The number of carbonyl (C=O) groups is 1. The number of rotatable bonds is 3. The van der Waals surface area contributed by atoms with Crippen LogP contribution in [0.1, 0.15) is 6.42 Å². The summed E-state index contributed by atoms with van der Waals surface area (Å²) >= 11 is 0. The van der Waals surface area contributed by atoms with Crippen LogP contribution in [0.2, 0.25) is 0 Å². The van der Waals surface area contributed by atoms with E-state index in [1.165, 1.54) is 0 Å². The second kappa shape index (κ2) is 5.54. The molecule has 1 aromatic rings. The predicted molar refractivity (Wildman–Crippen MR) is 67.4 cm³/mol. The summed E-state index contributed by atoms with van der Waals surface area (Å²) in [5.74, 6) is 0. The van der Waals surface area contributed by atoms with Crippen LogP contribution in [-0.4, -0.2) is 32.3 Å². The molecule has 5 nitrogen and oxygen atoms in total. The third-order valence-corrected chi connectivity index (χ3v) is 2.67.